The van der Waals surface area contributed by atoms with E-state index < -0.39 is 47.0 Å². The smallest absolute Gasteiger partial charge is 0.407 e. The summed E-state index contributed by atoms with van der Waals surface area (Å²) in [6.45, 7) is 9.70. The van der Waals surface area contributed by atoms with E-state index in [0.717, 1.165) is 0 Å². The average molecular weight is 635 g/mol. The van der Waals surface area contributed by atoms with Crippen LogP contribution in [0.3, 0.4) is 0 Å². The molecule has 3 aromatic rings. The van der Waals surface area contributed by atoms with Gasteiger partial charge in [-0.25, -0.2) is 19.6 Å². The van der Waals surface area contributed by atoms with E-state index in [-0.39, 0.29) is 38.9 Å². The van der Waals surface area contributed by atoms with Crippen LogP contribution >= 0.6 is 0 Å². The Kier molecular flexibility index (Phi) is 8.03. The Bertz CT molecular complexity index is 1690. The van der Waals surface area contributed by atoms with E-state index in [4.69, 9.17) is 38.4 Å². The summed E-state index contributed by atoms with van der Waals surface area (Å²) in [5, 5.41) is 2.74. The van der Waals surface area contributed by atoms with Crippen LogP contribution in [0.25, 0.3) is 22.3 Å². The number of rotatable bonds is 1. The highest BCUT2D eigenvalue weighted by Crippen LogP contribution is 2.39. The first kappa shape index (κ1) is 31.2. The fraction of sp³-hybridized carbons (Fsp3) is 0.485. The molecule has 4 heterocycles. The highest BCUT2D eigenvalue weighted by atomic mass is 16.7. The minimum absolute atomic E-state index is 0.0321. The lowest BCUT2D eigenvalue weighted by molar-refractivity contribution is -0.152. The summed E-state index contributed by atoms with van der Waals surface area (Å²) in [4.78, 5) is 51.3. The van der Waals surface area contributed by atoms with E-state index >= 15 is 0 Å². The summed E-state index contributed by atoms with van der Waals surface area (Å²) in [5.41, 5.74) is 0.915. The van der Waals surface area contributed by atoms with E-state index in [1.165, 1.54) is 12.0 Å². The number of ether oxygens (including phenoxy) is 6. The van der Waals surface area contributed by atoms with Crippen molar-refractivity contribution in [2.75, 3.05) is 33.7 Å². The molecular weight excluding hydrogens is 596 g/mol. The SMILES string of the molecule is COC(=O)[C@@H]1CC2CN1C(=O)[C@H](C(C)(C)C)NC(=O)OCC(C)(C)COc1cccc(c1)-c1nc3cc4c(cc3nc1O2)OCO4. The fourth-order valence-electron chi connectivity index (χ4n) is 5.63. The lowest BCUT2D eigenvalue weighted by atomic mass is 9.85. The van der Waals surface area contributed by atoms with Crippen molar-refractivity contribution in [2.24, 2.45) is 10.8 Å². The predicted molar refractivity (Wildman–Crippen MR) is 165 cm³/mol. The molecule has 3 aliphatic rings. The van der Waals surface area contributed by atoms with Gasteiger partial charge in [0.15, 0.2) is 11.5 Å². The van der Waals surface area contributed by atoms with Gasteiger partial charge in [0.1, 0.15) is 36.2 Å². The third kappa shape index (κ3) is 6.31. The van der Waals surface area contributed by atoms with Crippen LogP contribution in [0.5, 0.6) is 23.1 Å². The zero-order chi connectivity index (χ0) is 32.8. The van der Waals surface area contributed by atoms with Gasteiger partial charge in [-0.2, -0.15) is 0 Å². The topological polar surface area (TPSA) is 148 Å². The highest BCUT2D eigenvalue weighted by Gasteiger charge is 2.47. The zero-order valence-electron chi connectivity index (χ0n) is 26.7. The Labute approximate surface area is 266 Å². The van der Waals surface area contributed by atoms with Crippen molar-refractivity contribution in [1.82, 2.24) is 20.2 Å². The number of hydrogen-bond acceptors (Lipinski definition) is 11. The monoisotopic (exact) mass is 634 g/mol. The lowest BCUT2D eigenvalue weighted by Crippen LogP contribution is -2.57. The number of esters is 1. The molecule has 0 radical (unpaired) electrons. The number of alkyl carbamates (subject to hydrolysis) is 1. The van der Waals surface area contributed by atoms with Crippen molar-refractivity contribution in [1.29, 1.82) is 0 Å². The number of benzene rings is 2. The summed E-state index contributed by atoms with van der Waals surface area (Å²) in [6.07, 6.45) is -1.26. The Morgan fingerprint density at radius 1 is 1.00 bits per heavy atom. The molecule has 4 bridgehead atoms. The number of methoxy groups -OCH3 is 1. The van der Waals surface area contributed by atoms with Gasteiger partial charge in [-0.05, 0) is 17.5 Å². The molecule has 13 nitrogen and oxygen atoms in total. The highest BCUT2D eigenvalue weighted by molar-refractivity contribution is 5.91. The van der Waals surface area contributed by atoms with Gasteiger partial charge in [0.2, 0.25) is 18.6 Å². The van der Waals surface area contributed by atoms with Crippen LogP contribution in [0.4, 0.5) is 4.79 Å². The van der Waals surface area contributed by atoms with Gasteiger partial charge in [-0.15, -0.1) is 0 Å². The molecule has 2 aromatic carbocycles. The lowest BCUT2D eigenvalue weighted by Gasteiger charge is -2.35. The number of carbonyl (C=O) groups is 3. The van der Waals surface area contributed by atoms with Crippen LogP contribution in [0.2, 0.25) is 0 Å². The molecule has 0 aliphatic carbocycles. The number of hydrogen-bond donors (Lipinski definition) is 1. The van der Waals surface area contributed by atoms with Crippen LogP contribution in [-0.2, 0) is 19.1 Å². The molecule has 2 amide bonds. The van der Waals surface area contributed by atoms with Crippen LogP contribution in [-0.4, -0.2) is 84.7 Å². The molecule has 1 fully saturated rings. The molecule has 0 spiro atoms. The first-order valence-corrected chi connectivity index (χ1v) is 15.1. The Morgan fingerprint density at radius 2 is 1.70 bits per heavy atom. The minimum atomic E-state index is -1.01. The molecule has 3 atom stereocenters. The van der Waals surface area contributed by atoms with E-state index in [1.54, 1.807) is 12.1 Å². The summed E-state index contributed by atoms with van der Waals surface area (Å²) in [5.74, 6) is 0.843. The zero-order valence-corrected chi connectivity index (χ0v) is 26.7. The second kappa shape index (κ2) is 11.8. The number of nitrogens with one attached hydrogen (secondary N) is 1. The molecule has 1 aromatic heterocycles. The molecule has 1 N–H and O–H groups in total. The van der Waals surface area contributed by atoms with E-state index in [9.17, 15) is 14.4 Å². The second-order valence-corrected chi connectivity index (χ2v) is 13.6. The molecule has 3 aliphatic heterocycles. The fourth-order valence-corrected chi connectivity index (χ4v) is 5.63. The van der Waals surface area contributed by atoms with Crippen molar-refractivity contribution in [2.45, 2.75) is 59.2 Å². The molecular formula is C33H38N4O9. The molecule has 1 saturated heterocycles. The van der Waals surface area contributed by atoms with Crippen molar-refractivity contribution in [3.8, 4) is 34.4 Å². The summed E-state index contributed by atoms with van der Waals surface area (Å²) < 4.78 is 34.4. The quantitative estimate of drug-likeness (QED) is 0.386. The van der Waals surface area contributed by atoms with E-state index in [2.05, 4.69) is 5.32 Å². The Balaban J connectivity index is 1.46. The summed E-state index contributed by atoms with van der Waals surface area (Å²) in [6, 6.07) is 8.91. The maximum Gasteiger partial charge on any atom is 0.407 e. The summed E-state index contributed by atoms with van der Waals surface area (Å²) in [7, 11) is 1.27. The second-order valence-electron chi connectivity index (χ2n) is 13.6. The normalized spacial score (nSPS) is 22.8. The van der Waals surface area contributed by atoms with Crippen LogP contribution in [0, 0.1) is 10.8 Å². The van der Waals surface area contributed by atoms with Gasteiger partial charge in [-0.3, -0.25) is 4.79 Å². The van der Waals surface area contributed by atoms with Gasteiger partial charge in [0.05, 0.1) is 31.3 Å². The van der Waals surface area contributed by atoms with Gasteiger partial charge in [0, 0.05) is 29.5 Å². The molecule has 46 heavy (non-hydrogen) atoms. The van der Waals surface area contributed by atoms with E-state index in [1.807, 2.05) is 58.9 Å². The van der Waals surface area contributed by atoms with Crippen LogP contribution < -0.4 is 24.3 Å². The van der Waals surface area contributed by atoms with Crippen molar-refractivity contribution in [3.05, 3.63) is 36.4 Å². The number of aromatic nitrogens is 2. The standard InChI is InChI=1S/C33H38N4O9/c1-32(2,3)27-29(38)37-14-20(11-23(37)30(39)41-6)46-28-26(34-21-12-24-25(45-17-44-24)13-22(21)35-28)18-8-7-9-19(10-18)42-15-33(4,5)16-43-31(40)36-27/h7-10,12-13,20,23,27H,11,14-17H2,1-6H3,(H,36,40)/t20?,23-,27+/m0/s1. The first-order valence-electron chi connectivity index (χ1n) is 15.1. The maximum absolute atomic E-state index is 14.1. The third-order valence-corrected chi connectivity index (χ3v) is 8.13. The van der Waals surface area contributed by atoms with Crippen molar-refractivity contribution >= 4 is 29.0 Å². The van der Waals surface area contributed by atoms with E-state index in [0.29, 0.717) is 39.5 Å². The largest absolute Gasteiger partial charge is 0.493 e. The summed E-state index contributed by atoms with van der Waals surface area (Å²) >= 11 is 0. The number of carbonyl (C=O) groups excluding carboxylic acids is 3. The van der Waals surface area contributed by atoms with Crippen molar-refractivity contribution in [3.63, 3.8) is 0 Å². The third-order valence-electron chi connectivity index (χ3n) is 8.13. The molecule has 1 unspecified atom stereocenters. The van der Waals surface area contributed by atoms with Crippen LogP contribution in [0.1, 0.15) is 41.0 Å². The van der Waals surface area contributed by atoms with Crippen LogP contribution in [0.15, 0.2) is 36.4 Å². The molecule has 244 valence electrons. The predicted octanol–water partition coefficient (Wildman–Crippen LogP) is 4.11. The molecule has 6 rings (SSSR count). The van der Waals surface area contributed by atoms with Gasteiger partial charge in [-0.1, -0.05) is 46.8 Å². The number of fused-ring (bicyclic) bond motifs is 8. The molecule has 13 heteroatoms. The van der Waals surface area contributed by atoms with Gasteiger partial charge < -0.3 is 38.6 Å². The number of cyclic esters (lactones) is 1. The number of nitrogens with zero attached hydrogens (tertiary/aromatic N) is 3. The average Bonchev–Trinajstić information content (AvgIpc) is 3.65. The van der Waals surface area contributed by atoms with Gasteiger partial charge in [0.25, 0.3) is 0 Å². The van der Waals surface area contributed by atoms with Crippen molar-refractivity contribution < 1.29 is 42.8 Å². The first-order chi connectivity index (χ1) is 21.8. The Morgan fingerprint density at radius 3 is 2.39 bits per heavy atom. The maximum atomic E-state index is 14.1. The minimum Gasteiger partial charge on any atom is -0.493 e. The molecule has 0 saturated carbocycles. The Hall–Kier alpha value is -4.81. The van der Waals surface area contributed by atoms with Gasteiger partial charge >= 0.3 is 12.1 Å². The number of amides is 2.